The van der Waals surface area contributed by atoms with E-state index in [1.165, 1.54) is 30.6 Å². The molecule has 10 heteroatoms. The van der Waals surface area contributed by atoms with Gasteiger partial charge in [0.15, 0.2) is 0 Å². The third-order valence-corrected chi connectivity index (χ3v) is 5.79. The molecule has 0 aliphatic carbocycles. The quantitative estimate of drug-likeness (QED) is 0.571. The molecule has 134 valence electrons. The lowest BCUT2D eigenvalue weighted by atomic mass is 10.3. The number of hydrogen-bond donors (Lipinski definition) is 0. The van der Waals surface area contributed by atoms with Crippen molar-refractivity contribution in [2.45, 2.75) is 24.3 Å². The average molecular weight is 381 g/mol. The van der Waals surface area contributed by atoms with Crippen LogP contribution in [0, 0.1) is 13.8 Å². The molecule has 1 saturated heterocycles. The topological polar surface area (TPSA) is 89.7 Å². The maximum absolute atomic E-state index is 12.4. The molecule has 0 N–H and O–H groups in total. The number of aryl methyl sites for hydroxylation is 2. The maximum atomic E-state index is 12.4. The van der Waals surface area contributed by atoms with Crippen molar-refractivity contribution in [3.63, 3.8) is 0 Å². The van der Waals surface area contributed by atoms with Crippen molar-refractivity contribution in [2.75, 3.05) is 31.7 Å². The van der Waals surface area contributed by atoms with Crippen LogP contribution in [0.3, 0.4) is 0 Å². The first kappa shape index (κ1) is 18.0. The number of carbonyl (C=O) groups excluding carboxylic acids is 2. The Morgan fingerprint density at radius 2 is 2.20 bits per heavy atom. The summed E-state index contributed by atoms with van der Waals surface area (Å²) in [7, 11) is 1.37. The molecular formula is C15H19N5O3S2. The van der Waals surface area contributed by atoms with Crippen molar-refractivity contribution in [3.05, 3.63) is 17.5 Å². The van der Waals surface area contributed by atoms with Gasteiger partial charge in [-0.1, -0.05) is 11.8 Å². The van der Waals surface area contributed by atoms with E-state index >= 15 is 0 Å². The van der Waals surface area contributed by atoms with Crippen LogP contribution in [0.25, 0.3) is 5.78 Å². The predicted molar refractivity (Wildman–Crippen MR) is 95.8 cm³/mol. The van der Waals surface area contributed by atoms with Crippen LogP contribution in [0.1, 0.15) is 11.4 Å². The van der Waals surface area contributed by atoms with Gasteiger partial charge in [-0.3, -0.25) is 9.59 Å². The summed E-state index contributed by atoms with van der Waals surface area (Å²) in [5.74, 6) is 1.18. The molecule has 3 heterocycles. The van der Waals surface area contributed by atoms with Crippen LogP contribution in [-0.4, -0.2) is 73.3 Å². The van der Waals surface area contributed by atoms with Gasteiger partial charge in [0.25, 0.3) is 5.78 Å². The SMILES string of the molecule is COC(=O)[C@@H]1CN(C(=O)CSc2nc3nc(C)cc(C)n3n2)CCS1. The predicted octanol–water partition coefficient (Wildman–Crippen LogP) is 0.950. The first-order valence-corrected chi connectivity index (χ1v) is 9.82. The Bertz CT molecular complexity index is 810. The highest BCUT2D eigenvalue weighted by atomic mass is 32.2. The zero-order chi connectivity index (χ0) is 18.0. The number of nitrogens with zero attached hydrogens (tertiary/aromatic N) is 5. The second-order valence-electron chi connectivity index (χ2n) is 5.66. The highest BCUT2D eigenvalue weighted by molar-refractivity contribution is 8.00. The second kappa shape index (κ2) is 7.61. The van der Waals surface area contributed by atoms with Crippen molar-refractivity contribution < 1.29 is 14.3 Å². The summed E-state index contributed by atoms with van der Waals surface area (Å²) >= 11 is 2.81. The first-order valence-electron chi connectivity index (χ1n) is 7.79. The molecule has 0 unspecified atom stereocenters. The van der Waals surface area contributed by atoms with Crippen molar-refractivity contribution in [2.24, 2.45) is 0 Å². The number of amides is 1. The third kappa shape index (κ3) is 4.06. The van der Waals surface area contributed by atoms with Crippen molar-refractivity contribution in [1.82, 2.24) is 24.5 Å². The molecule has 1 amide bonds. The van der Waals surface area contributed by atoms with E-state index in [1.807, 2.05) is 19.9 Å². The van der Waals surface area contributed by atoms with E-state index < -0.39 is 0 Å². The minimum absolute atomic E-state index is 0.0288. The second-order valence-corrected chi connectivity index (χ2v) is 7.91. The largest absolute Gasteiger partial charge is 0.468 e. The fourth-order valence-corrected chi connectivity index (χ4v) is 4.43. The minimum atomic E-state index is -0.309. The van der Waals surface area contributed by atoms with E-state index in [2.05, 4.69) is 15.1 Å². The summed E-state index contributed by atoms with van der Waals surface area (Å²) < 4.78 is 6.44. The molecule has 2 aromatic rings. The van der Waals surface area contributed by atoms with Crippen LogP contribution in [0.2, 0.25) is 0 Å². The van der Waals surface area contributed by atoms with E-state index in [4.69, 9.17) is 4.74 Å². The number of hydrogen-bond acceptors (Lipinski definition) is 8. The normalized spacial score (nSPS) is 17.7. The number of thioether (sulfide) groups is 2. The lowest BCUT2D eigenvalue weighted by Gasteiger charge is -2.30. The van der Waals surface area contributed by atoms with E-state index in [-0.39, 0.29) is 22.9 Å². The van der Waals surface area contributed by atoms with E-state index in [0.717, 1.165) is 17.1 Å². The Hall–Kier alpha value is -1.81. The lowest BCUT2D eigenvalue weighted by Crippen LogP contribution is -2.45. The van der Waals surface area contributed by atoms with Gasteiger partial charge in [0, 0.05) is 30.2 Å². The summed E-state index contributed by atoms with van der Waals surface area (Å²) in [5, 5.41) is 4.59. The molecule has 1 aliphatic heterocycles. The first-order chi connectivity index (χ1) is 12.0. The fraction of sp³-hybridized carbons (Fsp3) is 0.533. The Morgan fingerprint density at radius 3 is 2.96 bits per heavy atom. The van der Waals surface area contributed by atoms with Crippen LogP contribution in [-0.2, 0) is 14.3 Å². The van der Waals surface area contributed by atoms with Crippen molar-refractivity contribution in [1.29, 1.82) is 0 Å². The molecule has 1 aliphatic rings. The van der Waals surface area contributed by atoms with Gasteiger partial charge in [-0.25, -0.2) is 9.50 Å². The standard InChI is InChI=1S/C15H19N5O3S2/c1-9-6-10(2)20-14(16-9)17-15(18-20)25-8-12(21)19-4-5-24-11(7-19)13(22)23-3/h6,11H,4-5,7-8H2,1-3H3/t11-/m0/s1. The van der Waals surface area contributed by atoms with Gasteiger partial charge >= 0.3 is 5.97 Å². The van der Waals surface area contributed by atoms with Gasteiger partial charge in [-0.2, -0.15) is 4.98 Å². The Kier molecular flexibility index (Phi) is 5.48. The van der Waals surface area contributed by atoms with E-state index in [9.17, 15) is 9.59 Å². The van der Waals surface area contributed by atoms with Gasteiger partial charge in [-0.05, 0) is 19.9 Å². The molecule has 25 heavy (non-hydrogen) atoms. The molecule has 3 rings (SSSR count). The summed E-state index contributed by atoms with van der Waals surface area (Å²) in [6, 6.07) is 1.93. The van der Waals surface area contributed by atoms with Crippen LogP contribution in [0.15, 0.2) is 11.2 Å². The van der Waals surface area contributed by atoms with Crippen molar-refractivity contribution >= 4 is 41.2 Å². The Labute approximate surface area is 153 Å². The van der Waals surface area contributed by atoms with Gasteiger partial charge in [0.1, 0.15) is 5.25 Å². The molecule has 0 radical (unpaired) electrons. The highest BCUT2D eigenvalue weighted by Crippen LogP contribution is 2.22. The Balaban J connectivity index is 1.62. The van der Waals surface area contributed by atoms with Crippen LogP contribution in [0.4, 0.5) is 0 Å². The van der Waals surface area contributed by atoms with Crippen LogP contribution in [0.5, 0.6) is 0 Å². The summed E-state index contributed by atoms with van der Waals surface area (Å²) in [6.45, 7) is 4.86. The Morgan fingerprint density at radius 1 is 1.40 bits per heavy atom. The van der Waals surface area contributed by atoms with Crippen LogP contribution >= 0.6 is 23.5 Å². The number of rotatable bonds is 4. The summed E-state index contributed by atoms with van der Waals surface area (Å²) in [6.07, 6.45) is 0. The van der Waals surface area contributed by atoms with Crippen LogP contribution < -0.4 is 0 Å². The fourth-order valence-electron chi connectivity index (χ4n) is 2.58. The van der Waals surface area contributed by atoms with Gasteiger partial charge in [0.2, 0.25) is 11.1 Å². The molecule has 1 fully saturated rings. The number of methoxy groups -OCH3 is 1. The van der Waals surface area contributed by atoms with Gasteiger partial charge < -0.3 is 9.64 Å². The number of aromatic nitrogens is 4. The number of esters is 1. The van der Waals surface area contributed by atoms with Gasteiger partial charge in [0.05, 0.1) is 12.9 Å². The zero-order valence-electron chi connectivity index (χ0n) is 14.3. The smallest absolute Gasteiger partial charge is 0.320 e. The number of fused-ring (bicyclic) bond motifs is 1. The number of carbonyl (C=O) groups is 2. The molecule has 0 aromatic carbocycles. The van der Waals surface area contributed by atoms with E-state index in [0.29, 0.717) is 24.0 Å². The molecule has 0 bridgehead atoms. The molecule has 8 nitrogen and oxygen atoms in total. The van der Waals surface area contributed by atoms with Gasteiger partial charge in [-0.15, -0.1) is 16.9 Å². The molecule has 1 atom stereocenters. The molecule has 0 spiro atoms. The molecule has 2 aromatic heterocycles. The maximum Gasteiger partial charge on any atom is 0.320 e. The minimum Gasteiger partial charge on any atom is -0.468 e. The monoisotopic (exact) mass is 381 g/mol. The third-order valence-electron chi connectivity index (χ3n) is 3.81. The molecule has 0 saturated carbocycles. The van der Waals surface area contributed by atoms with Crippen molar-refractivity contribution in [3.8, 4) is 0 Å². The lowest BCUT2D eigenvalue weighted by molar-refractivity contribution is -0.141. The highest BCUT2D eigenvalue weighted by Gasteiger charge is 2.29. The van der Waals surface area contributed by atoms with E-state index in [1.54, 1.807) is 9.42 Å². The number of ether oxygens (including phenoxy) is 1. The average Bonchev–Trinajstić information content (AvgIpc) is 3.02. The zero-order valence-corrected chi connectivity index (χ0v) is 15.9. The summed E-state index contributed by atoms with van der Waals surface area (Å²) in [4.78, 5) is 34.5. The summed E-state index contributed by atoms with van der Waals surface area (Å²) in [5.41, 5.74) is 1.83. The molecular weight excluding hydrogens is 362 g/mol.